The highest BCUT2D eigenvalue weighted by atomic mass is 35.5. The van der Waals surface area contributed by atoms with Gasteiger partial charge in [0.15, 0.2) is 11.6 Å². The Bertz CT molecular complexity index is 1750. The number of halogens is 4. The van der Waals surface area contributed by atoms with Crippen LogP contribution in [0, 0.1) is 5.82 Å². The topological polar surface area (TPSA) is 81.0 Å². The van der Waals surface area contributed by atoms with Crippen LogP contribution in [0.3, 0.4) is 0 Å². The molecule has 7 rings (SSSR count). The smallest absolute Gasteiger partial charge is 0.319 e. The van der Waals surface area contributed by atoms with Gasteiger partial charge in [-0.2, -0.15) is 9.97 Å². The van der Waals surface area contributed by atoms with Crippen LogP contribution in [0.15, 0.2) is 55.0 Å². The molecule has 0 spiro atoms. The molecule has 2 aliphatic heterocycles. The van der Waals surface area contributed by atoms with Gasteiger partial charge in [-0.25, -0.2) is 18.2 Å². The van der Waals surface area contributed by atoms with E-state index in [1.54, 1.807) is 18.3 Å². The lowest BCUT2D eigenvalue weighted by atomic mass is 10.0. The Morgan fingerprint density at radius 2 is 1.83 bits per heavy atom. The van der Waals surface area contributed by atoms with E-state index < -0.39 is 12.2 Å². The lowest BCUT2D eigenvalue weighted by Gasteiger charge is -2.34. The predicted octanol–water partition coefficient (Wildman–Crippen LogP) is 5.79. The molecule has 3 aromatic heterocycles. The summed E-state index contributed by atoms with van der Waals surface area (Å²) in [6.07, 6.45) is 3.79. The molecule has 2 bridgehead atoms. The minimum Gasteiger partial charge on any atom is -0.461 e. The van der Waals surface area contributed by atoms with Crippen LogP contribution in [0.25, 0.3) is 32.9 Å². The van der Waals surface area contributed by atoms with Gasteiger partial charge in [0.2, 0.25) is 0 Å². The second kappa shape index (κ2) is 10.5. The van der Waals surface area contributed by atoms with Crippen molar-refractivity contribution >= 4 is 39.1 Å². The third kappa shape index (κ3) is 4.72. The van der Waals surface area contributed by atoms with Gasteiger partial charge in [-0.05, 0) is 24.3 Å². The first kappa shape index (κ1) is 26.0. The van der Waals surface area contributed by atoms with Gasteiger partial charge >= 0.3 is 6.01 Å². The zero-order chi connectivity index (χ0) is 28.1. The fourth-order valence-corrected chi connectivity index (χ4v) is 6.21. The number of anilines is 1. The average Bonchev–Trinajstić information content (AvgIpc) is 3.58. The van der Waals surface area contributed by atoms with Gasteiger partial charge in [0.1, 0.15) is 23.6 Å². The number of rotatable bonds is 7. The molecule has 0 saturated carbocycles. The van der Waals surface area contributed by atoms with Crippen molar-refractivity contribution in [2.45, 2.75) is 37.9 Å². The maximum atomic E-state index is 16.4. The lowest BCUT2D eigenvalue weighted by Crippen LogP contribution is -2.51. The van der Waals surface area contributed by atoms with Crippen LogP contribution in [0.1, 0.15) is 25.1 Å². The summed E-state index contributed by atoms with van der Waals surface area (Å²) in [6, 6.07) is 11.6. The molecule has 41 heavy (non-hydrogen) atoms. The highest BCUT2D eigenvalue weighted by Crippen LogP contribution is 2.38. The van der Waals surface area contributed by atoms with E-state index in [1.165, 1.54) is 17.0 Å². The number of alkyl halides is 2. The number of ether oxygens (including phenoxy) is 1. The zero-order valence-electron chi connectivity index (χ0n) is 21.8. The second-order valence-corrected chi connectivity index (χ2v) is 10.7. The third-order valence-corrected chi connectivity index (χ3v) is 8.09. The molecular weight excluding hydrogens is 555 g/mol. The molecule has 0 amide bonds. The van der Waals surface area contributed by atoms with Crippen molar-refractivity contribution in [1.29, 1.82) is 0 Å². The van der Waals surface area contributed by atoms with Gasteiger partial charge in [-0.15, -0.1) is 0 Å². The number of nitrogens with one attached hydrogen (secondary N) is 1. The Balaban J connectivity index is 1.31. The summed E-state index contributed by atoms with van der Waals surface area (Å²) in [5, 5.41) is 6.12. The molecule has 2 fully saturated rings. The van der Waals surface area contributed by atoms with Crippen molar-refractivity contribution in [2.75, 3.05) is 24.6 Å². The van der Waals surface area contributed by atoms with Gasteiger partial charge in [-0.1, -0.05) is 41.9 Å². The van der Waals surface area contributed by atoms with Crippen LogP contribution in [0.5, 0.6) is 6.01 Å². The van der Waals surface area contributed by atoms with Crippen molar-refractivity contribution in [1.82, 2.24) is 29.8 Å². The average molecular weight is 580 g/mol. The molecule has 1 unspecified atom stereocenters. The van der Waals surface area contributed by atoms with Gasteiger partial charge in [0.05, 0.1) is 11.9 Å². The molecular formula is C29H25ClF3N7O. The number of pyridine rings is 1. The summed E-state index contributed by atoms with van der Waals surface area (Å²) in [4.78, 5) is 19.5. The molecule has 2 saturated heterocycles. The van der Waals surface area contributed by atoms with Crippen LogP contribution in [-0.2, 0) is 6.54 Å². The molecule has 5 heterocycles. The van der Waals surface area contributed by atoms with Gasteiger partial charge in [0.25, 0.3) is 6.43 Å². The summed E-state index contributed by atoms with van der Waals surface area (Å²) in [5.74, 6) is -0.426. The molecule has 0 radical (unpaired) electrons. The SMILES string of the molecule is Fc1c(-c2cccc3cccc(Cl)c23)ncc2c(N3CC4CC[C@@H](C3)N4)nc(OCCn3ccnc3C(F)F)nc12. The number of imidazole rings is 1. The highest BCUT2D eigenvalue weighted by Gasteiger charge is 2.34. The van der Waals surface area contributed by atoms with E-state index in [9.17, 15) is 8.78 Å². The number of fused-ring (bicyclic) bond motifs is 4. The minimum absolute atomic E-state index is 0.00762. The van der Waals surface area contributed by atoms with Gasteiger partial charge in [-0.3, -0.25) is 4.98 Å². The Morgan fingerprint density at radius 1 is 1.05 bits per heavy atom. The van der Waals surface area contributed by atoms with Crippen molar-refractivity contribution in [3.8, 4) is 17.3 Å². The van der Waals surface area contributed by atoms with E-state index in [0.717, 1.165) is 18.2 Å². The summed E-state index contributed by atoms with van der Waals surface area (Å²) < 4.78 is 50.1. The first-order valence-electron chi connectivity index (χ1n) is 13.4. The number of benzene rings is 2. The van der Waals surface area contributed by atoms with Gasteiger partial charge in [0, 0.05) is 59.7 Å². The van der Waals surface area contributed by atoms with Crippen molar-refractivity contribution in [2.24, 2.45) is 0 Å². The van der Waals surface area contributed by atoms with Crippen molar-refractivity contribution in [3.05, 3.63) is 71.7 Å². The normalized spacial score (nSPS) is 18.6. The fourth-order valence-electron chi connectivity index (χ4n) is 5.92. The first-order valence-corrected chi connectivity index (χ1v) is 13.8. The molecule has 1 N–H and O–H groups in total. The van der Waals surface area contributed by atoms with E-state index >= 15 is 4.39 Å². The van der Waals surface area contributed by atoms with Crippen LogP contribution < -0.4 is 15.0 Å². The molecule has 2 atom stereocenters. The Kier molecular flexibility index (Phi) is 6.63. The summed E-state index contributed by atoms with van der Waals surface area (Å²) in [5.41, 5.74) is 0.739. The quantitative estimate of drug-likeness (QED) is 0.261. The Morgan fingerprint density at radius 3 is 2.61 bits per heavy atom. The maximum Gasteiger partial charge on any atom is 0.319 e. The third-order valence-electron chi connectivity index (χ3n) is 7.77. The van der Waals surface area contributed by atoms with Crippen LogP contribution in [0.4, 0.5) is 19.0 Å². The molecule has 0 aliphatic carbocycles. The fraction of sp³-hybridized carbons (Fsp3) is 0.310. The second-order valence-electron chi connectivity index (χ2n) is 10.3. The molecule has 12 heteroatoms. The standard InChI is InChI=1S/C29H25ClF3N7O/c30-21-6-2-4-16-3-1-5-19(22(16)21)24-23(31)25-20(13-35-24)27(40-14-17-7-8-18(15-40)36-17)38-29(37-25)41-12-11-39-10-9-34-28(39)26(32)33/h1-6,9-10,13,17-18,26,36H,7-8,11-12,14-15H2/t17-,18?/m0/s1. The Hall–Kier alpha value is -3.96. The highest BCUT2D eigenvalue weighted by molar-refractivity contribution is 6.36. The van der Waals surface area contributed by atoms with E-state index in [4.69, 9.17) is 16.3 Å². The summed E-state index contributed by atoms with van der Waals surface area (Å²) in [6.45, 7) is 1.51. The first-order chi connectivity index (χ1) is 20.0. The van der Waals surface area contributed by atoms with Crippen molar-refractivity contribution in [3.63, 3.8) is 0 Å². The van der Waals surface area contributed by atoms with Crippen LogP contribution >= 0.6 is 11.6 Å². The number of hydrogen-bond donors (Lipinski definition) is 1. The molecule has 8 nitrogen and oxygen atoms in total. The van der Waals surface area contributed by atoms with Gasteiger partial charge < -0.3 is 19.5 Å². The Labute approximate surface area is 238 Å². The maximum absolute atomic E-state index is 16.4. The number of hydrogen-bond acceptors (Lipinski definition) is 7. The number of piperazine rings is 1. The van der Waals surface area contributed by atoms with E-state index in [2.05, 4.69) is 30.2 Å². The van der Waals surface area contributed by atoms with E-state index in [1.807, 2.05) is 24.3 Å². The summed E-state index contributed by atoms with van der Waals surface area (Å²) in [7, 11) is 0. The zero-order valence-corrected chi connectivity index (χ0v) is 22.5. The van der Waals surface area contributed by atoms with Crippen molar-refractivity contribution < 1.29 is 17.9 Å². The molecule has 210 valence electrons. The van der Waals surface area contributed by atoms with E-state index in [0.29, 0.717) is 52.3 Å². The number of nitrogens with zero attached hydrogens (tertiary/aromatic N) is 6. The predicted molar refractivity (Wildman–Crippen MR) is 150 cm³/mol. The molecule has 2 aromatic carbocycles. The largest absolute Gasteiger partial charge is 0.461 e. The van der Waals surface area contributed by atoms with E-state index in [-0.39, 0.29) is 36.2 Å². The van der Waals surface area contributed by atoms with Crippen LogP contribution in [-0.4, -0.2) is 56.3 Å². The minimum atomic E-state index is -2.71. The number of aromatic nitrogens is 5. The lowest BCUT2D eigenvalue weighted by molar-refractivity contribution is 0.133. The van der Waals surface area contributed by atoms with Crippen LogP contribution in [0.2, 0.25) is 5.02 Å². The molecule has 5 aromatic rings. The summed E-state index contributed by atoms with van der Waals surface area (Å²) >= 11 is 6.54. The molecule has 2 aliphatic rings. The monoisotopic (exact) mass is 579 g/mol.